The highest BCUT2D eigenvalue weighted by atomic mass is 35.5. The quantitative estimate of drug-likeness (QED) is 0.103. The van der Waals surface area contributed by atoms with Crippen LogP contribution >= 0.6 is 11.6 Å². The third kappa shape index (κ3) is 8.54. The van der Waals surface area contributed by atoms with Crippen molar-refractivity contribution < 1.29 is 23.5 Å². The van der Waals surface area contributed by atoms with Gasteiger partial charge in [0, 0.05) is 55.9 Å². The number of aryl methyl sites for hydroxylation is 2. The van der Waals surface area contributed by atoms with E-state index >= 15 is 0 Å². The first kappa shape index (κ1) is 32.9. The summed E-state index contributed by atoms with van der Waals surface area (Å²) in [6, 6.07) is 13.9. The number of nitrogens with one attached hydrogen (secondary N) is 2. The minimum absolute atomic E-state index is 0.00789. The number of rotatable bonds is 12. The summed E-state index contributed by atoms with van der Waals surface area (Å²) < 4.78 is 25.5. The number of hydrogen-bond acceptors (Lipinski definition) is 9. The van der Waals surface area contributed by atoms with Crippen LogP contribution in [0.1, 0.15) is 30.4 Å². The highest BCUT2D eigenvalue weighted by molar-refractivity contribution is 6.31. The normalized spacial score (nSPS) is 16.5. The van der Waals surface area contributed by atoms with Gasteiger partial charge in [-0.25, -0.2) is 14.4 Å². The van der Waals surface area contributed by atoms with Gasteiger partial charge in [0.15, 0.2) is 0 Å². The molecule has 0 radical (unpaired) electrons. The van der Waals surface area contributed by atoms with Crippen molar-refractivity contribution in [2.24, 2.45) is 5.92 Å². The number of amides is 1. The van der Waals surface area contributed by atoms with Crippen molar-refractivity contribution in [3.05, 3.63) is 89.0 Å². The number of halogens is 2. The number of aromatic nitrogens is 2. The van der Waals surface area contributed by atoms with Crippen LogP contribution in [0.3, 0.4) is 0 Å². The number of carbonyl (C=O) groups excluding carboxylic acids is 2. The zero-order chi connectivity index (χ0) is 33.7. The summed E-state index contributed by atoms with van der Waals surface area (Å²) in [7, 11) is 0. The van der Waals surface area contributed by atoms with Gasteiger partial charge in [0.2, 0.25) is 5.91 Å². The monoisotopic (exact) mass is 684 g/mol. The average Bonchev–Trinajstić information content (AvgIpc) is 3.81. The summed E-state index contributed by atoms with van der Waals surface area (Å²) in [5.74, 6) is 1.09. The van der Waals surface area contributed by atoms with E-state index in [1.165, 1.54) is 35.7 Å². The molecule has 3 aliphatic rings. The Morgan fingerprint density at radius 2 is 1.80 bits per heavy atom. The summed E-state index contributed by atoms with van der Waals surface area (Å²) in [5.41, 5.74) is 4.32. The fraction of sp³-hybridized carbons (Fsp3) is 0.351. The smallest absolute Gasteiger partial charge is 0.325 e. The molecule has 254 valence electrons. The van der Waals surface area contributed by atoms with Crippen molar-refractivity contribution >= 4 is 51.6 Å². The molecule has 1 saturated heterocycles. The Hall–Kier alpha value is -4.58. The Kier molecular flexibility index (Phi) is 10.0. The second kappa shape index (κ2) is 14.9. The molecule has 0 spiro atoms. The number of carbonyl (C=O) groups is 2. The van der Waals surface area contributed by atoms with Gasteiger partial charge in [0.25, 0.3) is 0 Å². The molecule has 2 aliphatic carbocycles. The predicted molar refractivity (Wildman–Crippen MR) is 187 cm³/mol. The molecule has 7 rings (SSSR count). The Labute approximate surface area is 289 Å². The number of benzene rings is 3. The molecule has 4 aromatic rings. The van der Waals surface area contributed by atoms with Gasteiger partial charge >= 0.3 is 5.97 Å². The molecule has 2 N–H and O–H groups in total. The Morgan fingerprint density at radius 3 is 2.61 bits per heavy atom. The molecular formula is C37H38ClFN6O4. The second-order valence-corrected chi connectivity index (χ2v) is 13.2. The Morgan fingerprint density at radius 1 is 0.980 bits per heavy atom. The zero-order valence-corrected chi connectivity index (χ0v) is 27.8. The first-order chi connectivity index (χ1) is 23.9. The molecule has 3 aromatic carbocycles. The number of esters is 1. The van der Waals surface area contributed by atoms with E-state index in [-0.39, 0.29) is 23.4 Å². The topological polar surface area (TPSA) is 109 Å². The van der Waals surface area contributed by atoms with E-state index < -0.39 is 5.82 Å². The van der Waals surface area contributed by atoms with Gasteiger partial charge in [-0.05, 0) is 85.5 Å². The fourth-order valence-corrected chi connectivity index (χ4v) is 6.36. The van der Waals surface area contributed by atoms with Gasteiger partial charge in [-0.3, -0.25) is 19.4 Å². The number of anilines is 3. The lowest BCUT2D eigenvalue weighted by atomic mass is 10.1. The lowest BCUT2D eigenvalue weighted by Gasteiger charge is -2.33. The number of fused-ring (bicyclic) bond motifs is 2. The molecular weight excluding hydrogens is 647 g/mol. The molecule has 12 heteroatoms. The van der Waals surface area contributed by atoms with Crippen LogP contribution in [-0.4, -0.2) is 77.5 Å². The van der Waals surface area contributed by atoms with E-state index in [4.69, 9.17) is 21.1 Å². The van der Waals surface area contributed by atoms with Gasteiger partial charge in [0.1, 0.15) is 29.5 Å². The Bertz CT molecular complexity index is 1890. The van der Waals surface area contributed by atoms with Crippen LogP contribution in [0.25, 0.3) is 10.9 Å². The number of nitrogens with zero attached hydrogens (tertiary/aromatic N) is 4. The summed E-state index contributed by atoms with van der Waals surface area (Å²) in [6.07, 6.45) is 10.3. The average molecular weight is 685 g/mol. The third-order valence-corrected chi connectivity index (χ3v) is 9.39. The molecule has 1 aliphatic heterocycles. The molecule has 2 heterocycles. The molecule has 0 atom stereocenters. The van der Waals surface area contributed by atoms with Crippen molar-refractivity contribution in [2.45, 2.75) is 32.1 Å². The van der Waals surface area contributed by atoms with Gasteiger partial charge in [-0.1, -0.05) is 23.7 Å². The standard InChI is InChI=1S/C37H38ClFN6O4/c38-30-18-27(9-11-31(30)39)42-37-29-19-33(34(48-22-24-6-7-24)20-32(29)40-23-41-37)43-35(46)5-2-12-44-13-15-45(16-14-44)21-36(47)49-28-10-8-25-3-1-4-26(25)17-28/h2,5,8-11,17-20,23-24H,1,3-4,6-7,12-16,21-22H2,(H,43,46)(H,40,41,42). The van der Waals surface area contributed by atoms with Crippen LogP contribution in [0.15, 0.2) is 67.0 Å². The minimum Gasteiger partial charge on any atom is -0.491 e. The van der Waals surface area contributed by atoms with Crippen molar-refractivity contribution in [2.75, 3.05) is 56.5 Å². The summed E-state index contributed by atoms with van der Waals surface area (Å²) >= 11 is 5.98. The zero-order valence-electron chi connectivity index (χ0n) is 27.1. The summed E-state index contributed by atoms with van der Waals surface area (Å²) in [4.78, 5) is 38.8. The molecule has 1 aromatic heterocycles. The van der Waals surface area contributed by atoms with Crippen molar-refractivity contribution in [1.29, 1.82) is 0 Å². The molecule has 2 fully saturated rings. The van der Waals surface area contributed by atoms with Crippen LogP contribution in [-0.2, 0) is 22.4 Å². The SMILES string of the molecule is O=C(C=CCN1CCN(CC(=O)Oc2ccc3c(c2)CCC3)CC1)Nc1cc2c(Nc3ccc(F)c(Cl)c3)ncnc2cc1OCC1CC1. The van der Waals surface area contributed by atoms with E-state index in [1.807, 2.05) is 18.2 Å². The highest BCUT2D eigenvalue weighted by Gasteiger charge is 2.24. The predicted octanol–water partition coefficient (Wildman–Crippen LogP) is 6.16. The molecule has 10 nitrogen and oxygen atoms in total. The van der Waals surface area contributed by atoms with Crippen molar-refractivity contribution in [3.63, 3.8) is 0 Å². The number of ether oxygens (including phenoxy) is 2. The van der Waals surface area contributed by atoms with E-state index in [1.54, 1.807) is 18.2 Å². The number of hydrogen-bond donors (Lipinski definition) is 2. The molecule has 1 saturated carbocycles. The largest absolute Gasteiger partial charge is 0.491 e. The lowest BCUT2D eigenvalue weighted by Crippen LogP contribution is -2.48. The second-order valence-electron chi connectivity index (χ2n) is 12.8. The van der Waals surface area contributed by atoms with Crippen LogP contribution in [0, 0.1) is 11.7 Å². The van der Waals surface area contributed by atoms with Gasteiger partial charge in [-0.15, -0.1) is 0 Å². The van der Waals surface area contributed by atoms with E-state index in [9.17, 15) is 14.0 Å². The van der Waals surface area contributed by atoms with E-state index in [0.29, 0.717) is 58.7 Å². The van der Waals surface area contributed by atoms with Crippen molar-refractivity contribution in [3.8, 4) is 11.5 Å². The van der Waals surface area contributed by atoms with Gasteiger partial charge in [-0.2, -0.15) is 0 Å². The molecule has 1 amide bonds. The lowest BCUT2D eigenvalue weighted by molar-refractivity contribution is -0.136. The van der Waals surface area contributed by atoms with Crippen molar-refractivity contribution in [1.82, 2.24) is 19.8 Å². The van der Waals surface area contributed by atoms with Crippen LogP contribution in [0.5, 0.6) is 11.5 Å². The van der Waals surface area contributed by atoms with E-state index in [2.05, 4.69) is 36.5 Å². The summed E-state index contributed by atoms with van der Waals surface area (Å²) in [6.45, 7) is 4.44. The highest BCUT2D eigenvalue weighted by Crippen LogP contribution is 2.36. The molecule has 0 unspecified atom stereocenters. The molecule has 0 bridgehead atoms. The first-order valence-electron chi connectivity index (χ1n) is 16.7. The van der Waals surface area contributed by atoms with Crippen LogP contribution < -0.4 is 20.1 Å². The maximum Gasteiger partial charge on any atom is 0.325 e. The first-order valence-corrected chi connectivity index (χ1v) is 17.1. The Balaban J connectivity index is 0.939. The summed E-state index contributed by atoms with van der Waals surface area (Å²) in [5, 5.41) is 6.79. The minimum atomic E-state index is -0.513. The van der Waals surface area contributed by atoms with Gasteiger partial charge < -0.3 is 20.1 Å². The number of piperazine rings is 1. The third-order valence-electron chi connectivity index (χ3n) is 9.10. The van der Waals surface area contributed by atoms with Crippen LogP contribution in [0.4, 0.5) is 21.6 Å². The van der Waals surface area contributed by atoms with E-state index in [0.717, 1.165) is 58.3 Å². The maximum absolute atomic E-state index is 13.7. The van der Waals surface area contributed by atoms with Crippen LogP contribution in [0.2, 0.25) is 5.02 Å². The molecule has 49 heavy (non-hydrogen) atoms. The fourth-order valence-electron chi connectivity index (χ4n) is 6.17. The maximum atomic E-state index is 13.7. The van der Waals surface area contributed by atoms with Gasteiger partial charge in [0.05, 0.1) is 29.4 Å².